The molecule has 5 rings (SSSR count). The van der Waals surface area contributed by atoms with Gasteiger partial charge in [-0.3, -0.25) is 4.79 Å². The minimum Gasteiger partial charge on any atom is -0.493 e. The molecule has 10 nitrogen and oxygen atoms in total. The third-order valence-corrected chi connectivity index (χ3v) is 8.55. The Morgan fingerprint density at radius 2 is 1.98 bits per heavy atom. The molecule has 40 heavy (non-hydrogen) atoms. The van der Waals surface area contributed by atoms with Crippen molar-refractivity contribution in [3.05, 3.63) is 47.2 Å². The Labute approximate surface area is 235 Å². The molecule has 3 fully saturated rings. The smallest absolute Gasteiger partial charge is 0.254 e. The summed E-state index contributed by atoms with van der Waals surface area (Å²) in [6, 6.07) is 9.85. The lowest BCUT2D eigenvalue weighted by Gasteiger charge is -2.40. The first-order valence-electron chi connectivity index (χ1n) is 13.7. The number of carbonyl (C=O) groups excluding carboxylic acids is 1. The van der Waals surface area contributed by atoms with Gasteiger partial charge in [0.2, 0.25) is 0 Å². The second kappa shape index (κ2) is 10.5. The summed E-state index contributed by atoms with van der Waals surface area (Å²) in [7, 11) is 1.61. The molecule has 214 valence electrons. The highest BCUT2D eigenvalue weighted by Crippen LogP contribution is 2.47. The quantitative estimate of drug-likeness (QED) is 0.555. The van der Waals surface area contributed by atoms with Crippen LogP contribution in [-0.4, -0.2) is 84.9 Å². The van der Waals surface area contributed by atoms with Crippen LogP contribution in [0.25, 0.3) is 0 Å². The van der Waals surface area contributed by atoms with Crippen molar-refractivity contribution in [1.82, 2.24) is 9.88 Å². The van der Waals surface area contributed by atoms with E-state index in [0.717, 1.165) is 16.9 Å². The standard InChI is InChI=1S/C30H38N4O6/c1-18-12-32-27(10-21(18)11-31)33-13-22(14-33)39-25-9-20(7-8-24(25)37-6)23-15-34(17-30(23,5)19(2)35)28(36)26-16-38-29(3,4)40-26/h7-10,12,19,22-23,26,35H,13-17H2,1-6H3/t19?,23-,26-,30-/m0/s1. The molecule has 1 N–H and O–H groups in total. The van der Waals surface area contributed by atoms with Crippen molar-refractivity contribution >= 4 is 11.7 Å². The molecule has 1 unspecified atom stereocenters. The van der Waals surface area contributed by atoms with Gasteiger partial charge in [0.15, 0.2) is 23.4 Å². The van der Waals surface area contributed by atoms with Crippen molar-refractivity contribution in [2.24, 2.45) is 5.41 Å². The number of rotatable bonds is 7. The largest absolute Gasteiger partial charge is 0.493 e. The normalized spacial score (nSPS) is 26.8. The van der Waals surface area contributed by atoms with Gasteiger partial charge in [-0.25, -0.2) is 4.98 Å². The zero-order valence-corrected chi connectivity index (χ0v) is 24.0. The van der Waals surface area contributed by atoms with E-state index in [2.05, 4.69) is 16.0 Å². The maximum Gasteiger partial charge on any atom is 0.254 e. The van der Waals surface area contributed by atoms with Crippen molar-refractivity contribution in [2.75, 3.05) is 44.8 Å². The minimum atomic E-state index is -0.792. The van der Waals surface area contributed by atoms with E-state index in [1.54, 1.807) is 45.0 Å². The van der Waals surface area contributed by atoms with Crippen molar-refractivity contribution in [1.29, 1.82) is 5.26 Å². The van der Waals surface area contributed by atoms with E-state index in [0.29, 0.717) is 43.2 Å². The van der Waals surface area contributed by atoms with Crippen molar-refractivity contribution in [3.8, 4) is 17.6 Å². The molecule has 0 bridgehead atoms. The fourth-order valence-corrected chi connectivity index (χ4v) is 5.79. The number of aliphatic hydroxyl groups is 1. The molecule has 0 aliphatic carbocycles. The summed E-state index contributed by atoms with van der Waals surface area (Å²) in [5.41, 5.74) is 1.86. The fraction of sp³-hybridized carbons (Fsp3) is 0.567. The Balaban J connectivity index is 1.32. The molecule has 0 spiro atoms. The van der Waals surface area contributed by atoms with Crippen molar-refractivity contribution in [2.45, 2.75) is 64.6 Å². The second-order valence-electron chi connectivity index (χ2n) is 11.8. The number of nitrogens with zero attached hydrogens (tertiary/aromatic N) is 4. The van der Waals surface area contributed by atoms with Gasteiger partial charge in [-0.15, -0.1) is 0 Å². The molecular weight excluding hydrogens is 512 g/mol. The van der Waals surface area contributed by atoms with Gasteiger partial charge in [0.1, 0.15) is 11.9 Å². The Bertz CT molecular complexity index is 1320. The molecular formula is C30H38N4O6. The lowest BCUT2D eigenvalue weighted by atomic mass is 9.72. The van der Waals surface area contributed by atoms with Crippen LogP contribution in [0.2, 0.25) is 0 Å². The minimum absolute atomic E-state index is 0.0783. The van der Waals surface area contributed by atoms with Gasteiger partial charge in [0.05, 0.1) is 44.5 Å². The molecule has 4 atom stereocenters. The van der Waals surface area contributed by atoms with Crippen LogP contribution in [0.1, 0.15) is 50.3 Å². The van der Waals surface area contributed by atoms with Crippen LogP contribution in [0.4, 0.5) is 5.82 Å². The summed E-state index contributed by atoms with van der Waals surface area (Å²) < 4.78 is 23.4. The topological polar surface area (TPSA) is 117 Å². The van der Waals surface area contributed by atoms with Gasteiger partial charge >= 0.3 is 0 Å². The summed E-state index contributed by atoms with van der Waals surface area (Å²) in [5, 5.41) is 20.2. The summed E-state index contributed by atoms with van der Waals surface area (Å²) in [4.78, 5) is 21.7. The first-order chi connectivity index (χ1) is 18.9. The van der Waals surface area contributed by atoms with Gasteiger partial charge in [0.25, 0.3) is 5.91 Å². The van der Waals surface area contributed by atoms with E-state index in [1.807, 2.05) is 32.0 Å². The monoisotopic (exact) mass is 550 g/mol. The number of hydrogen-bond donors (Lipinski definition) is 1. The zero-order valence-electron chi connectivity index (χ0n) is 24.0. The van der Waals surface area contributed by atoms with E-state index >= 15 is 0 Å². The molecule has 2 aromatic rings. The van der Waals surface area contributed by atoms with E-state index in [-0.39, 0.29) is 24.5 Å². The Kier molecular flexibility index (Phi) is 7.42. The third kappa shape index (κ3) is 5.21. The number of amides is 1. The molecule has 0 radical (unpaired) electrons. The summed E-state index contributed by atoms with van der Waals surface area (Å²) in [5.74, 6) is 0.950. The molecule has 4 heterocycles. The average Bonchev–Trinajstić information content (AvgIpc) is 3.46. The van der Waals surface area contributed by atoms with Crippen LogP contribution < -0.4 is 14.4 Å². The highest BCUT2D eigenvalue weighted by molar-refractivity contribution is 5.82. The van der Waals surface area contributed by atoms with Crippen molar-refractivity contribution in [3.63, 3.8) is 0 Å². The Morgan fingerprint density at radius 1 is 1.23 bits per heavy atom. The summed E-state index contributed by atoms with van der Waals surface area (Å²) in [6.45, 7) is 11.6. The van der Waals surface area contributed by atoms with Gasteiger partial charge < -0.3 is 33.9 Å². The number of likely N-dealkylation sites (tertiary alicyclic amines) is 1. The van der Waals surface area contributed by atoms with Gasteiger partial charge in [0, 0.05) is 30.6 Å². The second-order valence-corrected chi connectivity index (χ2v) is 11.8. The van der Waals surface area contributed by atoms with E-state index in [4.69, 9.17) is 18.9 Å². The Morgan fingerprint density at radius 3 is 2.60 bits per heavy atom. The first-order valence-corrected chi connectivity index (χ1v) is 13.7. The number of carbonyl (C=O) groups is 1. The number of aliphatic hydroxyl groups excluding tert-OH is 1. The van der Waals surface area contributed by atoms with Crippen LogP contribution in [0.5, 0.6) is 11.5 Å². The lowest BCUT2D eigenvalue weighted by Crippen LogP contribution is -2.54. The predicted octanol–water partition coefficient (Wildman–Crippen LogP) is 3.00. The zero-order chi connectivity index (χ0) is 28.8. The molecule has 1 aromatic heterocycles. The van der Waals surface area contributed by atoms with Crippen LogP contribution in [0.15, 0.2) is 30.5 Å². The van der Waals surface area contributed by atoms with Crippen LogP contribution >= 0.6 is 0 Å². The number of hydrogen-bond acceptors (Lipinski definition) is 9. The van der Waals surface area contributed by atoms with Gasteiger partial charge in [-0.05, 0) is 57.0 Å². The van der Waals surface area contributed by atoms with Gasteiger partial charge in [-0.2, -0.15) is 5.26 Å². The van der Waals surface area contributed by atoms with E-state index in [1.165, 1.54) is 0 Å². The maximum absolute atomic E-state index is 13.4. The predicted molar refractivity (Wildman–Crippen MR) is 147 cm³/mol. The van der Waals surface area contributed by atoms with E-state index < -0.39 is 23.4 Å². The number of benzene rings is 1. The number of methoxy groups -OCH3 is 1. The number of ether oxygens (including phenoxy) is 4. The van der Waals surface area contributed by atoms with Gasteiger partial charge in [-0.1, -0.05) is 13.0 Å². The highest BCUT2D eigenvalue weighted by Gasteiger charge is 2.50. The van der Waals surface area contributed by atoms with Crippen LogP contribution in [0, 0.1) is 23.7 Å². The van der Waals surface area contributed by atoms with Crippen LogP contribution in [-0.2, 0) is 14.3 Å². The molecule has 0 saturated carbocycles. The maximum atomic E-state index is 13.4. The highest BCUT2D eigenvalue weighted by atomic mass is 16.7. The molecule has 1 aromatic carbocycles. The Hall–Kier alpha value is -3.39. The molecule has 3 saturated heterocycles. The lowest BCUT2D eigenvalue weighted by molar-refractivity contribution is -0.159. The molecule has 1 amide bonds. The first kappa shape index (κ1) is 28.1. The summed E-state index contributed by atoms with van der Waals surface area (Å²) in [6.07, 6.45) is 0.330. The molecule has 3 aliphatic rings. The fourth-order valence-electron chi connectivity index (χ4n) is 5.79. The average molecular weight is 551 g/mol. The van der Waals surface area contributed by atoms with Crippen LogP contribution in [0.3, 0.4) is 0 Å². The summed E-state index contributed by atoms with van der Waals surface area (Å²) >= 11 is 0. The number of nitriles is 1. The third-order valence-electron chi connectivity index (χ3n) is 8.55. The SMILES string of the molecule is COc1ccc([C@@H]2CN(C(=O)[C@@H]3COC(C)(C)O3)C[C@@]2(C)C(C)O)cc1OC1CN(c2cc(C#N)c(C)cn2)C1. The molecule has 10 heteroatoms. The van der Waals surface area contributed by atoms with Crippen molar-refractivity contribution < 1.29 is 28.8 Å². The number of aryl methyl sites for hydroxylation is 1. The molecule has 3 aliphatic heterocycles. The number of aromatic nitrogens is 1. The number of anilines is 1. The van der Waals surface area contributed by atoms with E-state index in [9.17, 15) is 15.2 Å². The number of pyridine rings is 1.